The van der Waals surface area contributed by atoms with Crippen molar-refractivity contribution in [2.45, 2.75) is 19.4 Å². The minimum absolute atomic E-state index is 0.0792. The van der Waals surface area contributed by atoms with Crippen molar-refractivity contribution in [2.75, 3.05) is 31.1 Å². The molecule has 4 rings (SSSR count). The number of phenolic OH excluding ortho intramolecular Hbond substituents is 1. The van der Waals surface area contributed by atoms with Crippen LogP contribution in [0.5, 0.6) is 5.75 Å². The maximum atomic E-state index is 11.8. The van der Waals surface area contributed by atoms with Gasteiger partial charge in [0.05, 0.1) is 23.1 Å². The SMILES string of the molecule is CC(CC(=O)O)N(N1CCN(c2ccc(C#Cc3cc(C#N)c4c(Cl)c(O)ccc4c3)cc2)CC1)S(=O)O. The molecule has 0 spiro atoms. The highest BCUT2D eigenvalue weighted by molar-refractivity contribution is 7.76. The molecule has 38 heavy (non-hydrogen) atoms. The molecule has 0 saturated carbocycles. The second kappa shape index (κ2) is 11.8. The summed E-state index contributed by atoms with van der Waals surface area (Å²) in [6, 6.07) is 15.9. The van der Waals surface area contributed by atoms with E-state index in [1.54, 1.807) is 24.1 Å². The summed E-state index contributed by atoms with van der Waals surface area (Å²) in [6.45, 7) is 3.77. The molecular weight excluding hydrogens is 528 g/mol. The zero-order chi connectivity index (χ0) is 27.4. The van der Waals surface area contributed by atoms with Crippen molar-refractivity contribution in [1.29, 1.82) is 5.26 Å². The van der Waals surface area contributed by atoms with Crippen LogP contribution in [-0.2, 0) is 16.1 Å². The first-order chi connectivity index (χ1) is 18.2. The van der Waals surface area contributed by atoms with Crippen molar-refractivity contribution in [3.8, 4) is 23.7 Å². The first-order valence-electron chi connectivity index (χ1n) is 11.8. The molecule has 3 aromatic rings. The summed E-state index contributed by atoms with van der Waals surface area (Å²) in [5, 5.41) is 31.5. The average Bonchev–Trinajstić information content (AvgIpc) is 2.89. The van der Waals surface area contributed by atoms with Crippen molar-refractivity contribution < 1.29 is 23.8 Å². The maximum Gasteiger partial charge on any atom is 0.305 e. The van der Waals surface area contributed by atoms with Gasteiger partial charge in [0.15, 0.2) is 0 Å². The molecule has 1 saturated heterocycles. The van der Waals surface area contributed by atoms with Crippen LogP contribution in [0.25, 0.3) is 10.8 Å². The largest absolute Gasteiger partial charge is 0.506 e. The fourth-order valence-electron chi connectivity index (χ4n) is 4.48. The second-order valence-corrected chi connectivity index (χ2v) is 10.1. The molecule has 3 aromatic carbocycles. The molecule has 0 aromatic heterocycles. The lowest BCUT2D eigenvalue weighted by molar-refractivity contribution is -0.139. The third-order valence-electron chi connectivity index (χ3n) is 6.28. The number of nitriles is 1. The monoisotopic (exact) mass is 552 g/mol. The number of benzene rings is 3. The molecule has 11 heteroatoms. The molecule has 1 heterocycles. The summed E-state index contributed by atoms with van der Waals surface area (Å²) in [7, 11) is 0. The van der Waals surface area contributed by atoms with Crippen molar-refractivity contribution in [3.05, 3.63) is 70.2 Å². The van der Waals surface area contributed by atoms with Gasteiger partial charge in [-0.3, -0.25) is 9.35 Å². The predicted octanol–water partition coefficient (Wildman–Crippen LogP) is 3.81. The number of fused-ring (bicyclic) bond motifs is 1. The van der Waals surface area contributed by atoms with Crippen LogP contribution in [0.1, 0.15) is 30.0 Å². The van der Waals surface area contributed by atoms with Gasteiger partial charge in [-0.2, -0.15) is 5.26 Å². The number of phenols is 1. The topological polar surface area (TPSA) is 128 Å². The number of carboxylic acid groups (broad SMARTS) is 1. The van der Waals surface area contributed by atoms with Crippen molar-refractivity contribution >= 4 is 45.3 Å². The highest BCUT2D eigenvalue weighted by Gasteiger charge is 2.30. The molecule has 2 atom stereocenters. The molecule has 1 fully saturated rings. The fraction of sp³-hybridized carbons (Fsp3) is 0.259. The summed E-state index contributed by atoms with van der Waals surface area (Å²) >= 11 is 3.88. The maximum absolute atomic E-state index is 11.8. The van der Waals surface area contributed by atoms with Gasteiger partial charge >= 0.3 is 5.97 Å². The molecule has 2 unspecified atom stereocenters. The number of hydrogen-bond donors (Lipinski definition) is 3. The minimum atomic E-state index is -2.31. The molecule has 3 N–H and O–H groups in total. The van der Waals surface area contributed by atoms with E-state index in [2.05, 4.69) is 22.8 Å². The minimum Gasteiger partial charge on any atom is -0.506 e. The Hall–Kier alpha value is -3.64. The lowest BCUT2D eigenvalue weighted by atomic mass is 10.0. The summed E-state index contributed by atoms with van der Waals surface area (Å²) in [6.07, 6.45) is -0.233. The zero-order valence-corrected chi connectivity index (χ0v) is 22.0. The van der Waals surface area contributed by atoms with E-state index in [0.29, 0.717) is 48.1 Å². The van der Waals surface area contributed by atoms with E-state index in [-0.39, 0.29) is 17.2 Å². The van der Waals surface area contributed by atoms with E-state index in [9.17, 15) is 23.9 Å². The number of aromatic hydroxyl groups is 1. The van der Waals surface area contributed by atoms with Crippen LogP contribution >= 0.6 is 11.6 Å². The number of halogens is 1. The van der Waals surface area contributed by atoms with Gasteiger partial charge < -0.3 is 15.1 Å². The van der Waals surface area contributed by atoms with Crippen LogP contribution in [0.2, 0.25) is 5.02 Å². The van der Waals surface area contributed by atoms with Gasteiger partial charge in [0.2, 0.25) is 11.3 Å². The molecular formula is C27H25ClN4O5S. The number of nitrogens with zero attached hydrogens (tertiary/aromatic N) is 4. The van der Waals surface area contributed by atoms with E-state index in [1.807, 2.05) is 30.3 Å². The van der Waals surface area contributed by atoms with Crippen LogP contribution in [0.15, 0.2) is 48.5 Å². The molecule has 1 aliphatic heterocycles. The Morgan fingerprint density at radius 2 is 1.76 bits per heavy atom. The summed E-state index contributed by atoms with van der Waals surface area (Å²) in [5.41, 5.74) is 2.76. The fourth-order valence-corrected chi connectivity index (χ4v) is 5.50. The zero-order valence-electron chi connectivity index (χ0n) is 20.5. The molecule has 0 aliphatic carbocycles. The van der Waals surface area contributed by atoms with Crippen LogP contribution in [0.4, 0.5) is 5.69 Å². The molecule has 0 amide bonds. The Bertz CT molecular complexity index is 1490. The van der Waals surface area contributed by atoms with E-state index in [1.165, 1.54) is 10.5 Å². The second-order valence-electron chi connectivity index (χ2n) is 8.85. The Morgan fingerprint density at radius 3 is 2.37 bits per heavy atom. The first-order valence-corrected chi connectivity index (χ1v) is 13.2. The van der Waals surface area contributed by atoms with Gasteiger partial charge in [-0.25, -0.2) is 9.22 Å². The number of rotatable bonds is 6. The average molecular weight is 553 g/mol. The molecule has 0 radical (unpaired) electrons. The Morgan fingerprint density at radius 1 is 1.11 bits per heavy atom. The van der Waals surface area contributed by atoms with Crippen molar-refractivity contribution in [3.63, 3.8) is 0 Å². The number of hydrogen-bond acceptors (Lipinski definition) is 6. The Labute approximate surface area is 227 Å². The smallest absolute Gasteiger partial charge is 0.305 e. The van der Waals surface area contributed by atoms with Gasteiger partial charge in [-0.15, -0.1) is 4.41 Å². The van der Waals surface area contributed by atoms with Crippen LogP contribution in [0.3, 0.4) is 0 Å². The van der Waals surface area contributed by atoms with E-state index in [4.69, 9.17) is 16.7 Å². The number of carbonyl (C=O) groups is 1. The first kappa shape index (κ1) is 27.4. The summed E-state index contributed by atoms with van der Waals surface area (Å²) < 4.78 is 22.8. The number of anilines is 1. The van der Waals surface area contributed by atoms with Gasteiger partial charge in [0, 0.05) is 54.4 Å². The predicted molar refractivity (Wildman–Crippen MR) is 146 cm³/mol. The van der Waals surface area contributed by atoms with E-state index < -0.39 is 23.3 Å². The number of carboxylic acids is 1. The van der Waals surface area contributed by atoms with Gasteiger partial charge in [-0.05, 0) is 54.8 Å². The summed E-state index contributed by atoms with van der Waals surface area (Å²) in [5.74, 6) is 5.10. The normalized spacial score (nSPS) is 15.5. The van der Waals surface area contributed by atoms with Crippen molar-refractivity contribution in [2.24, 2.45) is 0 Å². The van der Waals surface area contributed by atoms with Gasteiger partial charge in [0.25, 0.3) is 0 Å². The molecule has 0 bridgehead atoms. The quantitative estimate of drug-likeness (QED) is 0.311. The third kappa shape index (κ3) is 6.08. The number of piperazine rings is 1. The molecule has 9 nitrogen and oxygen atoms in total. The third-order valence-corrected chi connectivity index (χ3v) is 7.57. The molecule has 1 aliphatic rings. The molecule has 196 valence electrons. The lowest BCUT2D eigenvalue weighted by Gasteiger charge is -2.41. The highest BCUT2D eigenvalue weighted by atomic mass is 35.5. The van der Waals surface area contributed by atoms with Crippen LogP contribution in [0, 0.1) is 23.2 Å². The van der Waals surface area contributed by atoms with E-state index >= 15 is 0 Å². The number of aliphatic carboxylic acids is 1. The van der Waals surface area contributed by atoms with Crippen LogP contribution < -0.4 is 4.90 Å². The Balaban J connectivity index is 1.44. The number of hydrazine groups is 1. The van der Waals surface area contributed by atoms with Crippen molar-refractivity contribution in [1.82, 2.24) is 9.42 Å². The van der Waals surface area contributed by atoms with Gasteiger partial charge in [-0.1, -0.05) is 29.5 Å². The van der Waals surface area contributed by atoms with E-state index in [0.717, 1.165) is 11.3 Å². The highest BCUT2D eigenvalue weighted by Crippen LogP contribution is 2.34. The van der Waals surface area contributed by atoms with Gasteiger partial charge in [0.1, 0.15) is 5.75 Å². The lowest BCUT2D eigenvalue weighted by Crippen LogP contribution is -2.57. The van der Waals surface area contributed by atoms with Crippen LogP contribution in [-0.4, -0.2) is 66.6 Å². The standard InChI is InChI=1S/C27H25ClN4O5S/c1-18(14-25(34)35)32(38(36)37)31-12-10-30(11-13-31)23-7-4-19(5-8-23)2-3-20-15-21-6-9-24(33)27(28)26(21)22(16-20)17-29/h4-9,15-16,18,33H,10-14H2,1H3,(H,34,35)(H,36,37). The summed E-state index contributed by atoms with van der Waals surface area (Å²) in [4.78, 5) is 13.2. The Kier molecular flexibility index (Phi) is 8.52.